The summed E-state index contributed by atoms with van der Waals surface area (Å²) in [6, 6.07) is 4.73. The maximum atomic E-state index is 14.4. The molecule has 0 spiro atoms. The highest BCUT2D eigenvalue weighted by atomic mass is 32.1. The van der Waals surface area contributed by atoms with Crippen LogP contribution in [0.5, 0.6) is 0 Å². The molecule has 2 heterocycles. The Morgan fingerprint density at radius 1 is 1.28 bits per heavy atom. The summed E-state index contributed by atoms with van der Waals surface area (Å²) in [5.41, 5.74) is 0.919. The summed E-state index contributed by atoms with van der Waals surface area (Å²) in [6.45, 7) is 5.44. The van der Waals surface area contributed by atoms with Crippen molar-refractivity contribution >= 4 is 40.9 Å². The number of rotatable bonds is 4. The van der Waals surface area contributed by atoms with Crippen LogP contribution in [0, 0.1) is 5.82 Å². The van der Waals surface area contributed by atoms with Crippen molar-refractivity contribution in [3.63, 3.8) is 0 Å². The van der Waals surface area contributed by atoms with E-state index >= 15 is 0 Å². The summed E-state index contributed by atoms with van der Waals surface area (Å²) in [6.07, 6.45) is 5.01. The van der Waals surface area contributed by atoms with Gasteiger partial charge in [-0.15, -0.1) is 6.58 Å². The largest absolute Gasteiger partial charge is 0.369 e. The van der Waals surface area contributed by atoms with E-state index in [1.165, 1.54) is 23.1 Å². The topological polar surface area (TPSA) is 52.7 Å². The fourth-order valence-electron chi connectivity index (χ4n) is 2.98. The number of benzene rings is 1. The minimum atomic E-state index is -0.584. The molecular formula is C18H18FN3O2S. The summed E-state index contributed by atoms with van der Waals surface area (Å²) < 4.78 is 14.4. The van der Waals surface area contributed by atoms with E-state index in [1.54, 1.807) is 12.1 Å². The Kier molecular flexibility index (Phi) is 4.94. The number of nitrogens with one attached hydrogen (secondary N) is 1. The molecule has 2 amide bonds. The van der Waals surface area contributed by atoms with Gasteiger partial charge in [0.05, 0.1) is 5.69 Å². The summed E-state index contributed by atoms with van der Waals surface area (Å²) in [4.78, 5) is 27.8. The van der Waals surface area contributed by atoms with Gasteiger partial charge in [-0.05, 0) is 48.8 Å². The normalized spacial score (nSPS) is 19.6. The first-order chi connectivity index (χ1) is 12.0. The van der Waals surface area contributed by atoms with Crippen LogP contribution >= 0.6 is 12.2 Å². The molecule has 1 aromatic rings. The molecule has 0 bridgehead atoms. The lowest BCUT2D eigenvalue weighted by Crippen LogP contribution is -2.53. The van der Waals surface area contributed by atoms with E-state index in [-0.39, 0.29) is 23.0 Å². The Labute approximate surface area is 150 Å². The molecular weight excluding hydrogens is 341 g/mol. The lowest BCUT2D eigenvalue weighted by atomic mass is 10.1. The first kappa shape index (κ1) is 17.3. The Balaban J connectivity index is 1.89. The van der Waals surface area contributed by atoms with Gasteiger partial charge in [-0.1, -0.05) is 12.1 Å². The molecule has 2 aliphatic heterocycles. The zero-order valence-electron chi connectivity index (χ0n) is 13.6. The summed E-state index contributed by atoms with van der Waals surface area (Å²) in [5.74, 6) is -1.46. The van der Waals surface area contributed by atoms with E-state index in [4.69, 9.17) is 12.2 Å². The number of hydrogen-bond donors (Lipinski definition) is 1. The predicted octanol–water partition coefficient (Wildman–Crippen LogP) is 2.24. The molecule has 2 fully saturated rings. The van der Waals surface area contributed by atoms with Gasteiger partial charge in [-0.2, -0.15) is 0 Å². The third kappa shape index (κ3) is 3.46. The highest BCUT2D eigenvalue weighted by molar-refractivity contribution is 7.80. The van der Waals surface area contributed by atoms with Crippen molar-refractivity contribution in [2.24, 2.45) is 0 Å². The van der Waals surface area contributed by atoms with E-state index in [0.717, 1.165) is 25.9 Å². The molecule has 2 saturated heterocycles. The molecule has 1 N–H and O–H groups in total. The number of hydrogen-bond acceptors (Lipinski definition) is 4. The Morgan fingerprint density at radius 2 is 2.00 bits per heavy atom. The first-order valence-corrected chi connectivity index (χ1v) is 8.46. The average Bonchev–Trinajstić information content (AvgIpc) is 3.10. The zero-order valence-corrected chi connectivity index (χ0v) is 14.4. The Hall–Kier alpha value is -2.54. The van der Waals surface area contributed by atoms with Crippen molar-refractivity contribution in [2.75, 3.05) is 24.5 Å². The highest BCUT2D eigenvalue weighted by Crippen LogP contribution is 2.25. The SMILES string of the molecule is C=CCN1C(=O)/C(=C\c2ccc(N3CCCC3)c(F)c2)C(=O)NC1=S. The average molecular weight is 359 g/mol. The molecule has 7 heteroatoms. The number of carbonyl (C=O) groups is 2. The maximum Gasteiger partial charge on any atom is 0.265 e. The minimum absolute atomic E-state index is 0.0441. The van der Waals surface area contributed by atoms with Crippen LogP contribution in [0.3, 0.4) is 0 Å². The molecule has 0 radical (unpaired) electrons. The number of amides is 2. The molecule has 0 unspecified atom stereocenters. The van der Waals surface area contributed by atoms with Crippen LogP contribution in [0.4, 0.5) is 10.1 Å². The second-order valence-corrected chi connectivity index (χ2v) is 6.31. The smallest absolute Gasteiger partial charge is 0.265 e. The fraction of sp³-hybridized carbons (Fsp3) is 0.278. The molecule has 5 nitrogen and oxygen atoms in total. The summed E-state index contributed by atoms with van der Waals surface area (Å²) >= 11 is 5.00. The Morgan fingerprint density at radius 3 is 2.64 bits per heavy atom. The van der Waals surface area contributed by atoms with Crippen LogP contribution < -0.4 is 10.2 Å². The Bertz CT molecular complexity index is 785. The van der Waals surface area contributed by atoms with Crippen LogP contribution in [-0.4, -0.2) is 41.5 Å². The van der Waals surface area contributed by atoms with E-state index in [2.05, 4.69) is 11.9 Å². The summed E-state index contributed by atoms with van der Waals surface area (Å²) in [7, 11) is 0. The third-order valence-corrected chi connectivity index (χ3v) is 4.55. The number of halogens is 1. The number of thiocarbonyl (C=S) groups is 1. The number of nitrogens with zero attached hydrogens (tertiary/aromatic N) is 2. The minimum Gasteiger partial charge on any atom is -0.369 e. The molecule has 3 rings (SSSR count). The van der Waals surface area contributed by atoms with Crippen molar-refractivity contribution in [1.29, 1.82) is 0 Å². The van der Waals surface area contributed by atoms with E-state index < -0.39 is 11.8 Å². The summed E-state index contributed by atoms with van der Waals surface area (Å²) in [5, 5.41) is 2.51. The first-order valence-electron chi connectivity index (χ1n) is 8.05. The van der Waals surface area contributed by atoms with Crippen molar-refractivity contribution < 1.29 is 14.0 Å². The van der Waals surface area contributed by atoms with Crippen molar-refractivity contribution in [1.82, 2.24) is 10.2 Å². The molecule has 0 saturated carbocycles. The maximum absolute atomic E-state index is 14.4. The van der Waals surface area contributed by atoms with Gasteiger partial charge >= 0.3 is 0 Å². The van der Waals surface area contributed by atoms with E-state index in [0.29, 0.717) is 11.3 Å². The van der Waals surface area contributed by atoms with Crippen LogP contribution in [0.1, 0.15) is 18.4 Å². The predicted molar refractivity (Wildman–Crippen MR) is 98.5 cm³/mol. The van der Waals surface area contributed by atoms with E-state index in [9.17, 15) is 14.0 Å². The third-order valence-electron chi connectivity index (χ3n) is 4.23. The van der Waals surface area contributed by atoms with Crippen LogP contribution in [-0.2, 0) is 9.59 Å². The van der Waals surface area contributed by atoms with Gasteiger partial charge in [0.15, 0.2) is 5.11 Å². The highest BCUT2D eigenvalue weighted by Gasteiger charge is 2.32. The number of anilines is 1. The second kappa shape index (κ2) is 7.14. The van der Waals surface area contributed by atoms with Gasteiger partial charge in [-0.25, -0.2) is 4.39 Å². The zero-order chi connectivity index (χ0) is 18.0. The van der Waals surface area contributed by atoms with Crippen LogP contribution in [0.15, 0.2) is 36.4 Å². The molecule has 0 aromatic heterocycles. The van der Waals surface area contributed by atoms with Gasteiger partial charge in [0.1, 0.15) is 11.4 Å². The lowest BCUT2D eigenvalue weighted by Gasteiger charge is -2.27. The van der Waals surface area contributed by atoms with Gasteiger partial charge in [0, 0.05) is 19.6 Å². The molecule has 0 aliphatic carbocycles. The number of carbonyl (C=O) groups excluding carboxylic acids is 2. The quantitative estimate of drug-likeness (QED) is 0.388. The lowest BCUT2D eigenvalue weighted by molar-refractivity contribution is -0.128. The van der Waals surface area contributed by atoms with Gasteiger partial charge in [-0.3, -0.25) is 19.8 Å². The molecule has 1 aromatic carbocycles. The standard InChI is InChI=1S/C18H18FN3O2S/c1-2-7-22-17(24)13(16(23)20-18(22)25)10-12-5-6-15(14(19)11-12)21-8-3-4-9-21/h2,5-6,10-11H,1,3-4,7-9H2,(H,20,23,25)/b13-10-. The second-order valence-electron chi connectivity index (χ2n) is 5.93. The van der Waals surface area contributed by atoms with Crippen molar-refractivity contribution in [3.8, 4) is 0 Å². The molecule has 2 aliphatic rings. The molecule has 25 heavy (non-hydrogen) atoms. The van der Waals surface area contributed by atoms with Gasteiger partial charge < -0.3 is 4.90 Å². The van der Waals surface area contributed by atoms with E-state index in [1.807, 2.05) is 4.90 Å². The van der Waals surface area contributed by atoms with Crippen LogP contribution in [0.2, 0.25) is 0 Å². The van der Waals surface area contributed by atoms with Gasteiger partial charge in [0.25, 0.3) is 11.8 Å². The molecule has 0 atom stereocenters. The monoisotopic (exact) mass is 359 g/mol. The van der Waals surface area contributed by atoms with Crippen molar-refractivity contribution in [2.45, 2.75) is 12.8 Å². The van der Waals surface area contributed by atoms with Crippen LogP contribution in [0.25, 0.3) is 6.08 Å². The van der Waals surface area contributed by atoms with Gasteiger partial charge in [0.2, 0.25) is 0 Å². The van der Waals surface area contributed by atoms with Crippen molar-refractivity contribution in [3.05, 3.63) is 47.8 Å². The fourth-order valence-corrected chi connectivity index (χ4v) is 3.23. The molecule has 130 valence electrons.